The number of aliphatic carboxylic acids is 1. The Morgan fingerprint density at radius 3 is 2.44 bits per heavy atom. The van der Waals surface area contributed by atoms with Gasteiger partial charge in [0.25, 0.3) is 0 Å². The average molecular weight is 255 g/mol. The van der Waals surface area contributed by atoms with Gasteiger partial charge in [0.05, 0.1) is 18.1 Å². The largest absolute Gasteiger partial charge is 0.481 e. The molecule has 2 unspecified atom stereocenters. The van der Waals surface area contributed by atoms with Crippen molar-refractivity contribution in [3.63, 3.8) is 0 Å². The molecule has 104 valence electrons. The van der Waals surface area contributed by atoms with Crippen molar-refractivity contribution < 1.29 is 14.6 Å². The zero-order valence-electron chi connectivity index (χ0n) is 11.2. The van der Waals surface area contributed by atoms with E-state index in [0.29, 0.717) is 18.1 Å². The summed E-state index contributed by atoms with van der Waals surface area (Å²) in [5.41, 5.74) is 0. The van der Waals surface area contributed by atoms with E-state index in [1.807, 2.05) is 0 Å². The summed E-state index contributed by atoms with van der Waals surface area (Å²) < 4.78 is 5.76. The van der Waals surface area contributed by atoms with E-state index in [0.717, 1.165) is 38.8 Å². The van der Waals surface area contributed by atoms with Crippen molar-refractivity contribution >= 4 is 5.97 Å². The first kappa shape index (κ1) is 13.8. The van der Waals surface area contributed by atoms with Gasteiger partial charge < -0.3 is 15.2 Å². The third-order valence-electron chi connectivity index (χ3n) is 4.32. The van der Waals surface area contributed by atoms with Crippen molar-refractivity contribution in [3.05, 3.63) is 0 Å². The van der Waals surface area contributed by atoms with Gasteiger partial charge in [-0.15, -0.1) is 0 Å². The number of nitrogens with one attached hydrogen (secondary N) is 1. The second kappa shape index (κ2) is 6.53. The number of hydrogen-bond acceptors (Lipinski definition) is 3. The van der Waals surface area contributed by atoms with Gasteiger partial charge >= 0.3 is 5.97 Å². The van der Waals surface area contributed by atoms with E-state index in [-0.39, 0.29) is 5.92 Å². The van der Waals surface area contributed by atoms with E-state index < -0.39 is 5.97 Å². The molecular weight excluding hydrogens is 230 g/mol. The molecule has 1 heterocycles. The Labute approximate surface area is 109 Å². The SMILES string of the molecule is CC1CCC(CNCC2CCC(C(=O)O)CC2)O1. The molecule has 2 fully saturated rings. The summed E-state index contributed by atoms with van der Waals surface area (Å²) in [5.74, 6) is -0.0607. The lowest BCUT2D eigenvalue weighted by Crippen LogP contribution is -2.33. The first-order valence-electron chi connectivity index (χ1n) is 7.24. The van der Waals surface area contributed by atoms with Crippen molar-refractivity contribution in [2.45, 2.75) is 57.7 Å². The zero-order chi connectivity index (χ0) is 13.0. The number of carboxylic acids is 1. The Kier molecular flexibility index (Phi) is 5.01. The third-order valence-corrected chi connectivity index (χ3v) is 4.32. The van der Waals surface area contributed by atoms with Gasteiger partial charge in [0.1, 0.15) is 0 Å². The molecule has 1 aliphatic carbocycles. The Morgan fingerprint density at radius 2 is 1.89 bits per heavy atom. The van der Waals surface area contributed by atoms with Gasteiger partial charge in [-0.25, -0.2) is 0 Å². The fraction of sp³-hybridized carbons (Fsp3) is 0.929. The molecule has 2 aliphatic rings. The molecule has 0 radical (unpaired) electrons. The topological polar surface area (TPSA) is 58.6 Å². The number of carbonyl (C=O) groups is 1. The minimum Gasteiger partial charge on any atom is -0.481 e. The number of carboxylic acid groups (broad SMARTS) is 1. The molecule has 0 spiro atoms. The zero-order valence-corrected chi connectivity index (χ0v) is 11.2. The summed E-state index contributed by atoms with van der Waals surface area (Å²) >= 11 is 0. The maximum atomic E-state index is 10.8. The summed E-state index contributed by atoms with van der Waals surface area (Å²) in [6, 6.07) is 0. The van der Waals surface area contributed by atoms with E-state index in [1.54, 1.807) is 0 Å². The highest BCUT2D eigenvalue weighted by Crippen LogP contribution is 2.28. The summed E-state index contributed by atoms with van der Waals surface area (Å²) in [7, 11) is 0. The first-order chi connectivity index (χ1) is 8.65. The van der Waals surface area contributed by atoms with E-state index >= 15 is 0 Å². The summed E-state index contributed by atoms with van der Waals surface area (Å²) in [4.78, 5) is 10.8. The average Bonchev–Trinajstić information content (AvgIpc) is 2.76. The fourth-order valence-electron chi connectivity index (χ4n) is 3.10. The summed E-state index contributed by atoms with van der Waals surface area (Å²) in [5, 5.41) is 12.4. The van der Waals surface area contributed by atoms with Crippen LogP contribution in [0.3, 0.4) is 0 Å². The molecule has 2 atom stereocenters. The van der Waals surface area contributed by atoms with E-state index in [9.17, 15) is 4.79 Å². The van der Waals surface area contributed by atoms with Crippen LogP contribution < -0.4 is 5.32 Å². The van der Waals surface area contributed by atoms with Crippen LogP contribution in [0.4, 0.5) is 0 Å². The minimum atomic E-state index is -0.616. The van der Waals surface area contributed by atoms with Crippen molar-refractivity contribution in [3.8, 4) is 0 Å². The number of ether oxygens (including phenoxy) is 1. The summed E-state index contributed by atoms with van der Waals surface area (Å²) in [6.45, 7) is 4.09. The quantitative estimate of drug-likeness (QED) is 0.789. The molecule has 1 saturated heterocycles. The molecule has 1 aliphatic heterocycles. The van der Waals surface area contributed by atoms with Gasteiger partial charge in [0.15, 0.2) is 0 Å². The van der Waals surface area contributed by atoms with Gasteiger partial charge in [-0.2, -0.15) is 0 Å². The van der Waals surface area contributed by atoms with Crippen LogP contribution in [0.1, 0.15) is 45.4 Å². The van der Waals surface area contributed by atoms with Crippen LogP contribution >= 0.6 is 0 Å². The molecule has 4 nitrogen and oxygen atoms in total. The normalized spacial score (nSPS) is 36.7. The predicted octanol–water partition coefficient (Wildman–Crippen LogP) is 2.03. The molecule has 0 aromatic heterocycles. The predicted molar refractivity (Wildman–Crippen MR) is 69.5 cm³/mol. The minimum absolute atomic E-state index is 0.0970. The summed E-state index contributed by atoms with van der Waals surface area (Å²) in [6.07, 6.45) is 6.93. The molecule has 0 aromatic rings. The van der Waals surface area contributed by atoms with Crippen molar-refractivity contribution in [2.75, 3.05) is 13.1 Å². The van der Waals surface area contributed by atoms with Gasteiger partial charge in [0, 0.05) is 6.54 Å². The highest BCUT2D eigenvalue weighted by molar-refractivity contribution is 5.69. The van der Waals surface area contributed by atoms with Crippen LogP contribution in [-0.2, 0) is 9.53 Å². The van der Waals surface area contributed by atoms with Crippen molar-refractivity contribution in [1.29, 1.82) is 0 Å². The molecule has 0 amide bonds. The Bertz CT molecular complexity index is 274. The lowest BCUT2D eigenvalue weighted by Gasteiger charge is -2.26. The van der Waals surface area contributed by atoms with Gasteiger partial charge in [-0.1, -0.05) is 0 Å². The molecule has 1 saturated carbocycles. The van der Waals surface area contributed by atoms with Crippen LogP contribution in [0.25, 0.3) is 0 Å². The van der Waals surface area contributed by atoms with Crippen molar-refractivity contribution in [2.24, 2.45) is 11.8 Å². The van der Waals surface area contributed by atoms with Crippen LogP contribution in [0.5, 0.6) is 0 Å². The maximum absolute atomic E-state index is 10.8. The molecule has 0 aromatic carbocycles. The van der Waals surface area contributed by atoms with Crippen molar-refractivity contribution in [1.82, 2.24) is 5.32 Å². The van der Waals surface area contributed by atoms with Crippen LogP contribution in [0, 0.1) is 11.8 Å². The smallest absolute Gasteiger partial charge is 0.306 e. The Hall–Kier alpha value is -0.610. The van der Waals surface area contributed by atoms with E-state index in [1.165, 1.54) is 12.8 Å². The second-order valence-corrected chi connectivity index (χ2v) is 5.86. The Balaban J connectivity index is 1.57. The first-order valence-corrected chi connectivity index (χ1v) is 7.24. The maximum Gasteiger partial charge on any atom is 0.306 e. The molecule has 2 N–H and O–H groups in total. The number of rotatable bonds is 5. The standard InChI is InChI=1S/C14H25NO3/c1-10-2-7-13(18-10)9-15-8-11-3-5-12(6-4-11)14(16)17/h10-13,15H,2-9H2,1H3,(H,16,17). The third kappa shape index (κ3) is 3.95. The number of hydrogen-bond donors (Lipinski definition) is 2. The lowest BCUT2D eigenvalue weighted by molar-refractivity contribution is -0.143. The van der Waals surface area contributed by atoms with E-state index in [2.05, 4.69) is 12.2 Å². The molecule has 2 rings (SSSR count). The monoisotopic (exact) mass is 255 g/mol. The Morgan fingerprint density at radius 1 is 1.17 bits per heavy atom. The van der Waals surface area contributed by atoms with Gasteiger partial charge in [0.2, 0.25) is 0 Å². The van der Waals surface area contributed by atoms with E-state index in [4.69, 9.17) is 9.84 Å². The van der Waals surface area contributed by atoms with Crippen LogP contribution in [0.15, 0.2) is 0 Å². The van der Waals surface area contributed by atoms with Gasteiger partial charge in [-0.05, 0) is 57.9 Å². The fourth-order valence-corrected chi connectivity index (χ4v) is 3.10. The van der Waals surface area contributed by atoms with Gasteiger partial charge in [-0.3, -0.25) is 4.79 Å². The lowest BCUT2D eigenvalue weighted by atomic mass is 9.82. The van der Waals surface area contributed by atoms with Crippen LogP contribution in [-0.4, -0.2) is 36.4 Å². The second-order valence-electron chi connectivity index (χ2n) is 5.86. The van der Waals surface area contributed by atoms with Crippen LogP contribution in [0.2, 0.25) is 0 Å². The highest BCUT2D eigenvalue weighted by atomic mass is 16.5. The molecular formula is C14H25NO3. The molecule has 0 bridgehead atoms. The molecule has 18 heavy (non-hydrogen) atoms. The molecule has 4 heteroatoms. The highest BCUT2D eigenvalue weighted by Gasteiger charge is 2.26.